The average molecular weight is 174 g/mol. The van der Waals surface area contributed by atoms with Gasteiger partial charge in [-0.25, -0.2) is 4.79 Å². The average Bonchev–Trinajstić information content (AvgIpc) is 2.06. The number of nitrogens with one attached hydrogen (secondary N) is 1. The van der Waals surface area contributed by atoms with Crippen molar-refractivity contribution in [1.82, 2.24) is 5.32 Å². The molecule has 0 aliphatic heterocycles. The number of carboxylic acids is 1. The number of aliphatic carboxylic acids is 1. The fourth-order valence-electron chi connectivity index (χ4n) is 0.256. The lowest BCUT2D eigenvalue weighted by molar-refractivity contribution is -0.131. The first-order valence-electron chi connectivity index (χ1n) is 3.34. The Morgan fingerprint density at radius 1 is 1.67 bits per heavy atom. The van der Waals surface area contributed by atoms with Crippen molar-refractivity contribution in [2.45, 2.75) is 6.42 Å². The number of nitrogens with two attached hydrogens (primary N) is 1. The normalized spacial score (nSPS) is 7.50. The van der Waals surface area contributed by atoms with Crippen LogP contribution in [-0.4, -0.2) is 30.6 Å². The van der Waals surface area contributed by atoms with Crippen LogP contribution in [0.15, 0.2) is 12.7 Å². The summed E-state index contributed by atoms with van der Waals surface area (Å²) in [4.78, 5) is 19.5. The van der Waals surface area contributed by atoms with Gasteiger partial charge in [0.2, 0.25) is 5.91 Å². The largest absolute Gasteiger partial charge is 0.478 e. The van der Waals surface area contributed by atoms with Gasteiger partial charge in [0.15, 0.2) is 0 Å². The molecule has 0 aliphatic carbocycles. The Balaban J connectivity index is 0. The smallest absolute Gasteiger partial charge is 0.327 e. The minimum absolute atomic E-state index is 0.00231. The quantitative estimate of drug-likeness (QED) is 0.495. The van der Waals surface area contributed by atoms with Crippen molar-refractivity contribution >= 4 is 11.9 Å². The van der Waals surface area contributed by atoms with Crippen LogP contribution < -0.4 is 11.1 Å². The standard InChI is InChI=1S/C4H10N2O.C3H4O2/c1-6-4(7)2-3-5;1-2-3(4)5/h2-3,5H2,1H3,(H,6,7);2H,1H2,(H,4,5). The van der Waals surface area contributed by atoms with Crippen molar-refractivity contribution in [1.29, 1.82) is 0 Å². The maximum Gasteiger partial charge on any atom is 0.327 e. The van der Waals surface area contributed by atoms with Crippen LogP contribution in [0.25, 0.3) is 0 Å². The maximum absolute atomic E-state index is 10.2. The molecule has 0 fully saturated rings. The number of carboxylic acid groups (broad SMARTS) is 1. The van der Waals surface area contributed by atoms with E-state index in [0.29, 0.717) is 13.0 Å². The Labute approximate surface area is 71.3 Å². The molecule has 0 saturated heterocycles. The highest BCUT2D eigenvalue weighted by Gasteiger charge is 1.90. The molecule has 0 atom stereocenters. The van der Waals surface area contributed by atoms with Crippen LogP contribution in [0.3, 0.4) is 0 Å². The van der Waals surface area contributed by atoms with Crippen LogP contribution in [0.5, 0.6) is 0 Å². The van der Waals surface area contributed by atoms with Gasteiger partial charge in [-0.2, -0.15) is 0 Å². The molecule has 0 aromatic rings. The van der Waals surface area contributed by atoms with Gasteiger partial charge in [-0.05, 0) is 0 Å². The predicted molar refractivity (Wildman–Crippen MR) is 45.6 cm³/mol. The molecule has 0 aromatic carbocycles. The molecular formula is C7H14N2O3. The van der Waals surface area contributed by atoms with E-state index >= 15 is 0 Å². The number of hydrogen-bond acceptors (Lipinski definition) is 3. The monoisotopic (exact) mass is 174 g/mol. The molecule has 70 valence electrons. The summed E-state index contributed by atoms with van der Waals surface area (Å²) in [5.74, 6) is -0.979. The SMILES string of the molecule is C=CC(=O)O.CNC(=O)CCN. The van der Waals surface area contributed by atoms with E-state index in [4.69, 9.17) is 10.8 Å². The molecule has 0 unspecified atom stereocenters. The van der Waals surface area contributed by atoms with Crippen molar-refractivity contribution in [3.05, 3.63) is 12.7 Å². The van der Waals surface area contributed by atoms with Crippen molar-refractivity contribution in [2.75, 3.05) is 13.6 Å². The van der Waals surface area contributed by atoms with Gasteiger partial charge in [0, 0.05) is 26.1 Å². The highest BCUT2D eigenvalue weighted by atomic mass is 16.4. The first-order valence-corrected chi connectivity index (χ1v) is 3.34. The second-order valence-corrected chi connectivity index (χ2v) is 1.75. The van der Waals surface area contributed by atoms with Crippen LogP contribution in [0.1, 0.15) is 6.42 Å². The minimum atomic E-state index is -0.981. The van der Waals surface area contributed by atoms with E-state index in [-0.39, 0.29) is 5.91 Å². The number of amides is 1. The number of carbonyl (C=O) groups is 2. The summed E-state index contributed by atoms with van der Waals surface area (Å²) in [5.41, 5.74) is 5.04. The molecular weight excluding hydrogens is 160 g/mol. The Morgan fingerprint density at radius 2 is 2.08 bits per heavy atom. The molecule has 0 spiro atoms. The summed E-state index contributed by atoms with van der Waals surface area (Å²) in [6.07, 6.45) is 1.26. The topological polar surface area (TPSA) is 92.4 Å². The number of rotatable bonds is 3. The Bertz CT molecular complexity index is 157. The highest BCUT2D eigenvalue weighted by Crippen LogP contribution is 1.68. The third kappa shape index (κ3) is 15.9. The molecule has 0 bridgehead atoms. The number of carbonyl (C=O) groups excluding carboxylic acids is 1. The van der Waals surface area contributed by atoms with Crippen LogP contribution >= 0.6 is 0 Å². The first kappa shape index (κ1) is 13.2. The molecule has 0 rings (SSSR count). The zero-order valence-electron chi connectivity index (χ0n) is 7.04. The summed E-state index contributed by atoms with van der Waals surface area (Å²) in [7, 11) is 1.60. The van der Waals surface area contributed by atoms with Crippen LogP contribution in [0.2, 0.25) is 0 Å². The van der Waals surface area contributed by atoms with Crippen molar-refractivity contribution in [3.8, 4) is 0 Å². The van der Waals surface area contributed by atoms with Gasteiger partial charge in [-0.15, -0.1) is 0 Å². The van der Waals surface area contributed by atoms with E-state index in [2.05, 4.69) is 11.9 Å². The molecule has 5 nitrogen and oxygen atoms in total. The van der Waals surface area contributed by atoms with Gasteiger partial charge in [0.25, 0.3) is 0 Å². The van der Waals surface area contributed by atoms with Gasteiger partial charge in [0.1, 0.15) is 0 Å². The van der Waals surface area contributed by atoms with E-state index in [0.717, 1.165) is 6.08 Å². The zero-order valence-corrected chi connectivity index (χ0v) is 7.04. The molecule has 4 N–H and O–H groups in total. The van der Waals surface area contributed by atoms with Gasteiger partial charge >= 0.3 is 5.97 Å². The van der Waals surface area contributed by atoms with E-state index in [1.165, 1.54) is 0 Å². The lowest BCUT2D eigenvalue weighted by Gasteiger charge is -1.91. The van der Waals surface area contributed by atoms with E-state index in [1.54, 1.807) is 7.05 Å². The third-order valence-electron chi connectivity index (χ3n) is 0.825. The van der Waals surface area contributed by atoms with E-state index in [1.807, 2.05) is 0 Å². The fraction of sp³-hybridized carbons (Fsp3) is 0.429. The molecule has 0 aliphatic rings. The van der Waals surface area contributed by atoms with Crippen LogP contribution in [0.4, 0.5) is 0 Å². The van der Waals surface area contributed by atoms with E-state index in [9.17, 15) is 9.59 Å². The summed E-state index contributed by atoms with van der Waals surface area (Å²) in [6, 6.07) is 0. The van der Waals surface area contributed by atoms with Gasteiger partial charge in [-0.3, -0.25) is 4.79 Å². The first-order chi connectivity index (χ1) is 5.58. The van der Waals surface area contributed by atoms with Gasteiger partial charge in [0.05, 0.1) is 0 Å². The van der Waals surface area contributed by atoms with Crippen LogP contribution in [-0.2, 0) is 9.59 Å². The Kier molecular flexibility index (Phi) is 10.6. The summed E-state index contributed by atoms with van der Waals surface area (Å²) in [6.45, 7) is 3.39. The predicted octanol–water partition coefficient (Wildman–Crippen LogP) is -0.662. The molecule has 1 amide bonds. The van der Waals surface area contributed by atoms with Crippen molar-refractivity contribution in [2.24, 2.45) is 5.73 Å². The molecule has 5 heteroatoms. The van der Waals surface area contributed by atoms with Crippen LogP contribution in [0, 0.1) is 0 Å². The third-order valence-corrected chi connectivity index (χ3v) is 0.825. The summed E-state index contributed by atoms with van der Waals surface area (Å²) >= 11 is 0. The second-order valence-electron chi connectivity index (χ2n) is 1.75. The molecule has 0 heterocycles. The maximum atomic E-state index is 10.2. The number of hydrogen-bond donors (Lipinski definition) is 3. The molecule has 12 heavy (non-hydrogen) atoms. The minimum Gasteiger partial charge on any atom is -0.478 e. The Morgan fingerprint density at radius 3 is 2.17 bits per heavy atom. The second kappa shape index (κ2) is 9.64. The fourth-order valence-corrected chi connectivity index (χ4v) is 0.256. The Hall–Kier alpha value is -1.36. The molecule has 0 saturated carbocycles. The van der Waals surface area contributed by atoms with Gasteiger partial charge < -0.3 is 16.2 Å². The summed E-state index contributed by atoms with van der Waals surface area (Å²) in [5, 5.41) is 10.1. The molecule has 0 radical (unpaired) electrons. The highest BCUT2D eigenvalue weighted by molar-refractivity contribution is 5.78. The zero-order chi connectivity index (χ0) is 9.98. The van der Waals surface area contributed by atoms with Gasteiger partial charge in [-0.1, -0.05) is 6.58 Å². The van der Waals surface area contributed by atoms with Crippen molar-refractivity contribution < 1.29 is 14.7 Å². The lowest BCUT2D eigenvalue weighted by Crippen LogP contribution is -2.20. The lowest BCUT2D eigenvalue weighted by atomic mass is 10.4. The molecule has 0 aromatic heterocycles. The summed E-state index contributed by atoms with van der Waals surface area (Å²) < 4.78 is 0. The van der Waals surface area contributed by atoms with Crippen molar-refractivity contribution in [3.63, 3.8) is 0 Å². The van der Waals surface area contributed by atoms with E-state index < -0.39 is 5.97 Å².